The van der Waals surface area contributed by atoms with Gasteiger partial charge in [-0.1, -0.05) is 32.0 Å². The van der Waals surface area contributed by atoms with Crippen LogP contribution >= 0.6 is 0 Å². The van der Waals surface area contributed by atoms with Crippen LogP contribution < -0.4 is 71.6 Å². The molecule has 11 amide bonds. The molecule has 1 saturated heterocycles. The van der Waals surface area contributed by atoms with E-state index < -0.39 is 157 Å². The second-order valence-electron chi connectivity index (χ2n) is 19.7. The Labute approximate surface area is 459 Å². The Morgan fingerprint density at radius 2 is 1.24 bits per heavy atom. The van der Waals surface area contributed by atoms with Crippen molar-refractivity contribution in [1.29, 1.82) is 0 Å². The quantitative estimate of drug-likeness (QED) is 0.0176. The van der Waals surface area contributed by atoms with E-state index in [1.165, 1.54) is 11.8 Å². The number of aromatic amines is 1. The van der Waals surface area contributed by atoms with Crippen LogP contribution in [-0.4, -0.2) is 182 Å². The highest BCUT2D eigenvalue weighted by Crippen LogP contribution is 2.24. The Bertz CT molecular complexity index is 2590. The number of aliphatic hydroxyl groups is 2. The maximum Gasteiger partial charge on any atom is 0.328 e. The van der Waals surface area contributed by atoms with Crippen molar-refractivity contribution in [2.45, 2.75) is 152 Å². The maximum atomic E-state index is 14.9. The molecule has 1 aliphatic rings. The summed E-state index contributed by atoms with van der Waals surface area (Å²) in [6.45, 7) is 3.49. The number of guanidine groups is 1. The number of hydrogen-bond acceptors (Lipinski definition) is 16. The molecule has 442 valence electrons. The van der Waals surface area contributed by atoms with Crippen molar-refractivity contribution < 1.29 is 72.9 Å². The molecule has 1 aromatic heterocycles. The fourth-order valence-corrected chi connectivity index (χ4v) is 8.57. The molecule has 31 nitrogen and oxygen atoms in total. The molecule has 1 aromatic carbocycles. The monoisotopic (exact) mass is 1130 g/mol. The lowest BCUT2D eigenvalue weighted by atomic mass is 10.0. The fourth-order valence-electron chi connectivity index (χ4n) is 8.57. The minimum absolute atomic E-state index is 0.0101. The lowest BCUT2D eigenvalue weighted by molar-refractivity contribution is -0.145. The summed E-state index contributed by atoms with van der Waals surface area (Å²) in [6.07, 6.45) is -2.11. The molecule has 10 atom stereocenters. The lowest BCUT2D eigenvalue weighted by Crippen LogP contribution is -2.61. The predicted octanol–water partition coefficient (Wildman–Crippen LogP) is -6.61. The minimum Gasteiger partial charge on any atom is -0.480 e. The summed E-state index contributed by atoms with van der Waals surface area (Å²) in [6, 6.07) is -6.91. The maximum absolute atomic E-state index is 14.9. The molecule has 0 bridgehead atoms. The summed E-state index contributed by atoms with van der Waals surface area (Å²) in [5.74, 6) is -12.7. The summed E-state index contributed by atoms with van der Waals surface area (Å²) in [7, 11) is 0. The van der Waals surface area contributed by atoms with Crippen LogP contribution in [0, 0.1) is 5.92 Å². The Morgan fingerprint density at radius 3 is 1.82 bits per heavy atom. The number of carbonyl (C=O) groups is 12. The van der Waals surface area contributed by atoms with Gasteiger partial charge in [-0.05, 0) is 69.4 Å². The molecular weight excluding hydrogens is 1050 g/mol. The molecule has 0 spiro atoms. The number of nitrogens with one attached hydrogen (secondary N) is 8. The van der Waals surface area contributed by atoms with Gasteiger partial charge in [0.1, 0.15) is 42.3 Å². The van der Waals surface area contributed by atoms with Gasteiger partial charge in [-0.3, -0.25) is 57.7 Å². The number of carboxylic acids is 1. The molecule has 31 heteroatoms. The molecule has 80 heavy (non-hydrogen) atoms. The van der Waals surface area contributed by atoms with Gasteiger partial charge in [-0.25, -0.2) is 4.79 Å². The summed E-state index contributed by atoms with van der Waals surface area (Å²) in [5, 5.41) is 47.2. The molecule has 23 N–H and O–H groups in total. The van der Waals surface area contributed by atoms with Crippen molar-refractivity contribution in [2.24, 2.45) is 45.3 Å². The minimum atomic E-state index is -1.90. The second-order valence-corrected chi connectivity index (χ2v) is 19.7. The zero-order chi connectivity index (χ0) is 60.0. The number of aliphatic hydroxyl groups excluding tert-OH is 2. The second kappa shape index (κ2) is 31.8. The van der Waals surface area contributed by atoms with Gasteiger partial charge < -0.3 is 96.8 Å². The van der Waals surface area contributed by atoms with E-state index in [9.17, 15) is 72.9 Å². The Kier molecular flexibility index (Phi) is 26.2. The van der Waals surface area contributed by atoms with Crippen molar-refractivity contribution in [3.8, 4) is 0 Å². The SMILES string of the molecule is CC(C)C[C@H](NC(=O)[C@@H]1CCCN1C(=O)[C@H](Cc1c[nH]c2ccccc12)NC(=O)[C@H](CCCN=C(N)N)NC(=O)[C@H](CC(N)=O)NC(=O)[C@H](CO)NC(=O)[C@H](CCC(N)=O)NC(=O)[C@@H](N)CCC(N)=O)C(=O)N[C@H](C(=O)O)[C@@H](C)O. The number of nitrogens with zero attached hydrogens (tertiary/aromatic N) is 2. The third-order valence-corrected chi connectivity index (χ3v) is 12.7. The number of aliphatic imine (C=N–C) groups is 1. The van der Waals surface area contributed by atoms with E-state index in [0.29, 0.717) is 22.9 Å². The van der Waals surface area contributed by atoms with Crippen LogP contribution in [0.25, 0.3) is 10.9 Å². The predicted molar refractivity (Wildman–Crippen MR) is 285 cm³/mol. The number of rotatable bonds is 34. The number of hydrogen-bond donors (Lipinski definition) is 17. The number of carboxylic acid groups (broad SMARTS) is 1. The highest BCUT2D eigenvalue weighted by molar-refractivity contribution is 6.00. The standard InChI is InChI=1S/C49H76N16O15/c1-23(2)18-31(44(75)64-39(24(3)67)48(79)80)61-46(77)35-11-7-17-65(35)47(78)33(19-25-21-57-28-9-5-4-8-26(25)28)62-41(72)29(10-6-16-56-49(54)55)59-43(74)32(20-38(53)70)60-45(76)34(22-66)63-42(73)30(13-15-37(52)69)58-40(71)27(50)12-14-36(51)68/h4-5,8-9,21,23-24,27,29-35,39,57,66-67H,6-7,10-20,22,50H2,1-3H3,(H2,51,68)(H2,52,69)(H2,53,70)(H,58,71)(H,59,74)(H,60,76)(H,61,77)(H,62,72)(H,63,73)(H,64,75)(H,79,80)(H4,54,55,56)/t24-,27+,29+,30+,31+,32+,33+,34+,35+,39+/m1/s1. The molecule has 0 radical (unpaired) electrons. The number of likely N-dealkylation sites (tertiary alicyclic amines) is 1. The number of H-pyrrole nitrogens is 1. The molecule has 2 aromatic rings. The normalized spacial score (nSPS) is 16.4. The first-order chi connectivity index (χ1) is 37.6. The van der Waals surface area contributed by atoms with Crippen molar-refractivity contribution in [3.05, 3.63) is 36.0 Å². The van der Waals surface area contributed by atoms with Gasteiger partial charge in [0.15, 0.2) is 12.0 Å². The van der Waals surface area contributed by atoms with Gasteiger partial charge in [-0.15, -0.1) is 0 Å². The van der Waals surface area contributed by atoms with Crippen LogP contribution in [0.1, 0.15) is 90.5 Å². The average Bonchev–Trinajstić information content (AvgIpc) is 4.05. The zero-order valence-corrected chi connectivity index (χ0v) is 44.7. The first-order valence-corrected chi connectivity index (χ1v) is 25.8. The van der Waals surface area contributed by atoms with E-state index in [4.69, 9.17) is 34.4 Å². The van der Waals surface area contributed by atoms with Gasteiger partial charge in [0, 0.05) is 49.5 Å². The van der Waals surface area contributed by atoms with Crippen molar-refractivity contribution >= 4 is 87.8 Å². The Balaban J connectivity index is 1.97. The molecule has 1 aliphatic heterocycles. The van der Waals surface area contributed by atoms with E-state index in [0.717, 1.165) is 0 Å². The van der Waals surface area contributed by atoms with Crippen molar-refractivity contribution in [2.75, 3.05) is 19.7 Å². The number of amides is 11. The number of primary amides is 3. The van der Waals surface area contributed by atoms with Crippen molar-refractivity contribution in [3.63, 3.8) is 0 Å². The van der Waals surface area contributed by atoms with Gasteiger partial charge >= 0.3 is 5.97 Å². The number of carbonyl (C=O) groups excluding carboxylic acids is 11. The van der Waals surface area contributed by atoms with Crippen LogP contribution in [0.2, 0.25) is 0 Å². The number of para-hydroxylation sites is 1. The number of aliphatic carboxylic acids is 1. The van der Waals surface area contributed by atoms with Crippen molar-refractivity contribution in [1.82, 2.24) is 47.1 Å². The first-order valence-electron chi connectivity index (χ1n) is 25.8. The smallest absolute Gasteiger partial charge is 0.328 e. The van der Waals surface area contributed by atoms with Gasteiger partial charge in [0.25, 0.3) is 0 Å². The van der Waals surface area contributed by atoms with E-state index in [2.05, 4.69) is 47.2 Å². The molecule has 0 saturated carbocycles. The van der Waals surface area contributed by atoms with E-state index >= 15 is 0 Å². The number of aromatic nitrogens is 1. The summed E-state index contributed by atoms with van der Waals surface area (Å²) in [5.41, 5.74) is 33.9. The average molecular weight is 1130 g/mol. The van der Waals surface area contributed by atoms with Crippen LogP contribution in [0.3, 0.4) is 0 Å². The highest BCUT2D eigenvalue weighted by Gasteiger charge is 2.41. The molecule has 0 unspecified atom stereocenters. The van der Waals surface area contributed by atoms with Crippen LogP contribution in [0.5, 0.6) is 0 Å². The summed E-state index contributed by atoms with van der Waals surface area (Å²) < 4.78 is 0. The summed E-state index contributed by atoms with van der Waals surface area (Å²) >= 11 is 0. The first kappa shape index (κ1) is 65.8. The fraction of sp³-hybridized carbons (Fsp3) is 0.571. The summed E-state index contributed by atoms with van der Waals surface area (Å²) in [4.78, 5) is 166. The highest BCUT2D eigenvalue weighted by atomic mass is 16.4. The third kappa shape index (κ3) is 21.1. The lowest BCUT2D eigenvalue weighted by Gasteiger charge is -2.31. The van der Waals surface area contributed by atoms with Gasteiger partial charge in [-0.2, -0.15) is 0 Å². The Hall–Kier alpha value is -8.45. The number of fused-ring (bicyclic) bond motifs is 1. The molecule has 0 aliphatic carbocycles. The number of nitrogens with two attached hydrogens (primary N) is 6. The number of benzene rings is 1. The largest absolute Gasteiger partial charge is 0.480 e. The van der Waals surface area contributed by atoms with E-state index in [-0.39, 0.29) is 69.9 Å². The molecule has 3 rings (SSSR count). The van der Waals surface area contributed by atoms with Crippen LogP contribution in [0.15, 0.2) is 35.5 Å². The van der Waals surface area contributed by atoms with E-state index in [1.54, 1.807) is 44.3 Å². The molecule has 2 heterocycles. The third-order valence-electron chi connectivity index (χ3n) is 12.7. The molecular formula is C49H76N16O15. The van der Waals surface area contributed by atoms with Crippen LogP contribution in [-0.2, 0) is 64.0 Å². The van der Waals surface area contributed by atoms with Crippen LogP contribution in [0.4, 0.5) is 0 Å². The van der Waals surface area contributed by atoms with E-state index in [1.807, 2.05) is 0 Å². The zero-order valence-electron chi connectivity index (χ0n) is 44.7. The van der Waals surface area contributed by atoms with Gasteiger partial charge in [0.05, 0.1) is 25.2 Å². The molecule has 1 fully saturated rings. The Morgan fingerprint density at radius 1 is 0.688 bits per heavy atom. The topological polar surface area (TPSA) is 537 Å². The van der Waals surface area contributed by atoms with Gasteiger partial charge in [0.2, 0.25) is 65.0 Å².